The molecule has 0 radical (unpaired) electrons. The van der Waals surface area contributed by atoms with Crippen LogP contribution in [-0.2, 0) is 7.05 Å². The largest absolute Gasteiger partial charge is 0.352 e. The fraction of sp³-hybridized carbons (Fsp3) is 0.316. The minimum Gasteiger partial charge on any atom is -0.352 e. The summed E-state index contributed by atoms with van der Waals surface area (Å²) in [7, 11) is 1.85. The highest BCUT2D eigenvalue weighted by Gasteiger charge is 2.17. The zero-order valence-electron chi connectivity index (χ0n) is 14.7. The van der Waals surface area contributed by atoms with Crippen molar-refractivity contribution in [1.82, 2.24) is 20.1 Å². The lowest BCUT2D eigenvalue weighted by Gasteiger charge is -2.08. The highest BCUT2D eigenvalue weighted by Crippen LogP contribution is 2.21. The molecule has 0 aliphatic heterocycles. The Labute approximate surface area is 151 Å². The monoisotopic (exact) mass is 354 g/mol. The highest BCUT2D eigenvalue weighted by molar-refractivity contribution is 7.99. The number of rotatable bonds is 6. The van der Waals surface area contributed by atoms with Crippen molar-refractivity contribution in [3.63, 3.8) is 0 Å². The van der Waals surface area contributed by atoms with Gasteiger partial charge in [-0.15, -0.1) is 11.8 Å². The normalized spacial score (nSPS) is 11.0. The average Bonchev–Trinajstić information content (AvgIpc) is 2.88. The molecule has 1 aromatic carbocycles. The van der Waals surface area contributed by atoms with E-state index in [1.165, 1.54) is 4.90 Å². The SMILES string of the molecule is Cc1cc(C(=O)NCCCSc2ccccc2)c2c(C)nn(C)c2n1. The van der Waals surface area contributed by atoms with E-state index in [0.29, 0.717) is 12.1 Å². The number of aromatic nitrogens is 3. The number of pyridine rings is 1. The number of carbonyl (C=O) groups is 1. The summed E-state index contributed by atoms with van der Waals surface area (Å²) in [5.74, 6) is 0.914. The highest BCUT2D eigenvalue weighted by atomic mass is 32.2. The summed E-state index contributed by atoms with van der Waals surface area (Å²) in [5, 5.41) is 8.25. The van der Waals surface area contributed by atoms with Gasteiger partial charge in [-0.3, -0.25) is 9.48 Å². The van der Waals surface area contributed by atoms with Crippen LogP contribution in [0.3, 0.4) is 0 Å². The quantitative estimate of drug-likeness (QED) is 0.544. The van der Waals surface area contributed by atoms with Gasteiger partial charge in [0.05, 0.1) is 16.6 Å². The van der Waals surface area contributed by atoms with Crippen molar-refractivity contribution in [2.24, 2.45) is 7.05 Å². The molecule has 3 aromatic rings. The fourth-order valence-corrected chi connectivity index (χ4v) is 3.70. The van der Waals surface area contributed by atoms with Crippen LogP contribution in [0.25, 0.3) is 11.0 Å². The molecule has 0 spiro atoms. The molecule has 0 saturated carbocycles. The lowest BCUT2D eigenvalue weighted by Crippen LogP contribution is -2.25. The van der Waals surface area contributed by atoms with Crippen LogP contribution in [0.5, 0.6) is 0 Å². The molecule has 0 bridgehead atoms. The number of thioether (sulfide) groups is 1. The Balaban J connectivity index is 1.61. The predicted octanol–water partition coefficient (Wildman–Crippen LogP) is 3.50. The molecule has 3 rings (SSSR count). The maximum atomic E-state index is 12.6. The summed E-state index contributed by atoms with van der Waals surface area (Å²) in [4.78, 5) is 18.4. The van der Waals surface area contributed by atoms with Gasteiger partial charge in [0, 0.05) is 24.2 Å². The first-order valence-electron chi connectivity index (χ1n) is 8.33. The van der Waals surface area contributed by atoms with Gasteiger partial charge in [0.25, 0.3) is 5.91 Å². The molecule has 1 N–H and O–H groups in total. The first-order valence-corrected chi connectivity index (χ1v) is 9.32. The zero-order valence-corrected chi connectivity index (χ0v) is 15.6. The number of amides is 1. The van der Waals surface area contributed by atoms with Crippen molar-refractivity contribution in [2.45, 2.75) is 25.2 Å². The predicted molar refractivity (Wildman–Crippen MR) is 102 cm³/mol. The Morgan fingerprint density at radius 1 is 1.24 bits per heavy atom. The van der Waals surface area contributed by atoms with Gasteiger partial charge in [0.1, 0.15) is 0 Å². The third-order valence-electron chi connectivity index (χ3n) is 3.96. The van der Waals surface area contributed by atoms with E-state index < -0.39 is 0 Å². The van der Waals surface area contributed by atoms with E-state index >= 15 is 0 Å². The number of aryl methyl sites for hydroxylation is 3. The van der Waals surface area contributed by atoms with Crippen molar-refractivity contribution in [1.29, 1.82) is 0 Å². The minimum absolute atomic E-state index is 0.0590. The van der Waals surface area contributed by atoms with E-state index in [9.17, 15) is 4.79 Å². The van der Waals surface area contributed by atoms with Crippen LogP contribution in [0, 0.1) is 13.8 Å². The fourth-order valence-electron chi connectivity index (χ4n) is 2.83. The maximum absolute atomic E-state index is 12.6. The first kappa shape index (κ1) is 17.5. The van der Waals surface area contributed by atoms with Crippen molar-refractivity contribution in [2.75, 3.05) is 12.3 Å². The minimum atomic E-state index is -0.0590. The summed E-state index contributed by atoms with van der Waals surface area (Å²) in [6, 6.07) is 12.1. The second-order valence-electron chi connectivity index (χ2n) is 5.99. The molecule has 0 atom stereocenters. The van der Waals surface area contributed by atoms with Crippen LogP contribution in [0.4, 0.5) is 0 Å². The number of nitrogens with zero attached hydrogens (tertiary/aromatic N) is 3. The van der Waals surface area contributed by atoms with E-state index in [-0.39, 0.29) is 5.91 Å². The topological polar surface area (TPSA) is 59.8 Å². The maximum Gasteiger partial charge on any atom is 0.252 e. The van der Waals surface area contributed by atoms with Gasteiger partial charge in [-0.2, -0.15) is 5.10 Å². The van der Waals surface area contributed by atoms with Crippen molar-refractivity contribution in [3.8, 4) is 0 Å². The Hall–Kier alpha value is -2.34. The molecule has 0 saturated heterocycles. The summed E-state index contributed by atoms with van der Waals surface area (Å²) in [6.45, 7) is 4.46. The molecular formula is C19H22N4OS. The molecule has 1 amide bonds. The molecule has 2 aromatic heterocycles. The van der Waals surface area contributed by atoms with Gasteiger partial charge in [-0.05, 0) is 44.2 Å². The molecule has 0 fully saturated rings. The van der Waals surface area contributed by atoms with Crippen LogP contribution in [0.15, 0.2) is 41.3 Å². The van der Waals surface area contributed by atoms with Crippen LogP contribution in [0.2, 0.25) is 0 Å². The number of fused-ring (bicyclic) bond motifs is 1. The van der Waals surface area contributed by atoms with E-state index in [1.54, 1.807) is 16.4 Å². The Kier molecular flexibility index (Phi) is 5.38. The van der Waals surface area contributed by atoms with Gasteiger partial charge < -0.3 is 5.32 Å². The van der Waals surface area contributed by atoms with Gasteiger partial charge in [-0.25, -0.2) is 4.98 Å². The van der Waals surface area contributed by atoms with Crippen LogP contribution >= 0.6 is 11.8 Å². The molecule has 25 heavy (non-hydrogen) atoms. The Morgan fingerprint density at radius 3 is 2.76 bits per heavy atom. The number of carbonyl (C=O) groups excluding carboxylic acids is 1. The van der Waals surface area contributed by atoms with Crippen molar-refractivity contribution < 1.29 is 4.79 Å². The first-order chi connectivity index (χ1) is 12.1. The van der Waals surface area contributed by atoms with Crippen molar-refractivity contribution in [3.05, 3.63) is 53.3 Å². The second-order valence-corrected chi connectivity index (χ2v) is 7.16. The van der Waals surface area contributed by atoms with Gasteiger partial charge in [0.2, 0.25) is 0 Å². The van der Waals surface area contributed by atoms with E-state index in [0.717, 1.165) is 34.6 Å². The lowest BCUT2D eigenvalue weighted by molar-refractivity contribution is 0.0955. The lowest BCUT2D eigenvalue weighted by atomic mass is 10.1. The van der Waals surface area contributed by atoms with Crippen molar-refractivity contribution >= 4 is 28.7 Å². The summed E-state index contributed by atoms with van der Waals surface area (Å²) in [5.41, 5.74) is 3.06. The average molecular weight is 354 g/mol. The van der Waals surface area contributed by atoms with E-state index in [2.05, 4.69) is 27.5 Å². The zero-order chi connectivity index (χ0) is 17.8. The smallest absolute Gasteiger partial charge is 0.252 e. The number of nitrogens with one attached hydrogen (secondary N) is 1. The standard InChI is InChI=1S/C19H22N4OS/c1-13-12-16(17-14(2)22-23(3)18(17)21-13)19(24)20-10-7-11-25-15-8-5-4-6-9-15/h4-6,8-9,12H,7,10-11H2,1-3H3,(H,20,24). The summed E-state index contributed by atoms with van der Waals surface area (Å²) < 4.78 is 1.73. The number of hydrogen-bond donors (Lipinski definition) is 1. The molecule has 0 aliphatic rings. The third-order valence-corrected chi connectivity index (χ3v) is 5.06. The van der Waals surface area contributed by atoms with Crippen LogP contribution in [-0.4, -0.2) is 33.0 Å². The molecule has 0 unspecified atom stereocenters. The number of benzene rings is 1. The van der Waals surface area contributed by atoms with Gasteiger partial charge in [0.15, 0.2) is 5.65 Å². The molecule has 2 heterocycles. The molecule has 130 valence electrons. The van der Waals surface area contributed by atoms with E-state index in [4.69, 9.17) is 0 Å². The molecular weight excluding hydrogens is 332 g/mol. The Bertz CT molecular complexity index is 889. The third kappa shape index (κ3) is 4.02. The van der Waals surface area contributed by atoms with Crippen LogP contribution < -0.4 is 5.32 Å². The molecule has 0 aliphatic carbocycles. The Morgan fingerprint density at radius 2 is 2.00 bits per heavy atom. The molecule has 6 heteroatoms. The number of hydrogen-bond acceptors (Lipinski definition) is 4. The van der Waals surface area contributed by atoms with Gasteiger partial charge >= 0.3 is 0 Å². The van der Waals surface area contributed by atoms with Gasteiger partial charge in [-0.1, -0.05) is 18.2 Å². The summed E-state index contributed by atoms with van der Waals surface area (Å²) in [6.07, 6.45) is 0.921. The summed E-state index contributed by atoms with van der Waals surface area (Å²) >= 11 is 1.80. The van der Waals surface area contributed by atoms with E-state index in [1.807, 2.05) is 45.2 Å². The van der Waals surface area contributed by atoms with Crippen LogP contribution in [0.1, 0.15) is 28.2 Å². The second kappa shape index (κ2) is 7.70. The molecule has 5 nitrogen and oxygen atoms in total.